The van der Waals surface area contributed by atoms with Crippen molar-refractivity contribution in [3.63, 3.8) is 0 Å². The van der Waals surface area contributed by atoms with E-state index in [2.05, 4.69) is 9.47 Å². The molecule has 0 saturated heterocycles. The van der Waals surface area contributed by atoms with E-state index in [0.717, 1.165) is 15.7 Å². The molecular weight excluding hydrogens is 520 g/mol. The molecule has 1 heterocycles. The van der Waals surface area contributed by atoms with Crippen molar-refractivity contribution in [1.82, 2.24) is 3.97 Å². The van der Waals surface area contributed by atoms with Gasteiger partial charge in [0.25, 0.3) is 10.0 Å². The SMILES string of the molecule is Cc1ccc(S(=O)(=O)n2cc(C(=O)OCC[C@@H](COC(F)(F)F)OC(F)(F)F)c3ccccc32)cc1. The van der Waals surface area contributed by atoms with Crippen LogP contribution in [0.1, 0.15) is 22.3 Å². The van der Waals surface area contributed by atoms with Crippen LogP contribution < -0.4 is 0 Å². The van der Waals surface area contributed by atoms with Gasteiger partial charge >= 0.3 is 18.7 Å². The van der Waals surface area contributed by atoms with Gasteiger partial charge in [-0.25, -0.2) is 17.2 Å². The van der Waals surface area contributed by atoms with Crippen LogP contribution in [0.5, 0.6) is 0 Å². The van der Waals surface area contributed by atoms with Crippen LogP contribution in [0.3, 0.4) is 0 Å². The molecule has 0 amide bonds. The van der Waals surface area contributed by atoms with E-state index in [1.165, 1.54) is 30.3 Å². The number of esters is 1. The quantitative estimate of drug-likeness (QED) is 0.276. The Kier molecular flexibility index (Phi) is 8.00. The van der Waals surface area contributed by atoms with Gasteiger partial charge in [-0.3, -0.25) is 9.47 Å². The molecule has 0 aliphatic rings. The van der Waals surface area contributed by atoms with Crippen LogP contribution in [-0.2, 0) is 24.2 Å². The molecule has 0 saturated carbocycles. The van der Waals surface area contributed by atoms with Gasteiger partial charge in [-0.1, -0.05) is 35.9 Å². The Labute approximate surface area is 201 Å². The van der Waals surface area contributed by atoms with Gasteiger partial charge in [0.1, 0.15) is 0 Å². The number of alkyl halides is 6. The third-order valence-corrected chi connectivity index (χ3v) is 6.57. The van der Waals surface area contributed by atoms with Gasteiger partial charge < -0.3 is 4.74 Å². The summed E-state index contributed by atoms with van der Waals surface area (Å²) in [6.07, 6.45) is -12.3. The zero-order valence-corrected chi connectivity index (χ0v) is 19.3. The summed E-state index contributed by atoms with van der Waals surface area (Å²) in [6, 6.07) is 11.9. The number of ether oxygens (including phenoxy) is 3. The Balaban J connectivity index is 1.80. The van der Waals surface area contributed by atoms with E-state index in [4.69, 9.17) is 4.74 Å². The zero-order valence-electron chi connectivity index (χ0n) is 18.5. The van der Waals surface area contributed by atoms with Gasteiger partial charge in [0.05, 0.1) is 35.3 Å². The standard InChI is InChI=1S/C22H19F6NO6S/c1-14-6-8-16(9-7-14)36(31,32)29-12-18(17-4-2-3-5-19(17)29)20(30)33-11-10-15(35-22(26,27)28)13-34-21(23,24)25/h2-9,12,15H,10-11,13H2,1H3/t15-/m0/s1. The van der Waals surface area contributed by atoms with E-state index < -0.39 is 54.5 Å². The Morgan fingerprint density at radius 1 is 0.972 bits per heavy atom. The summed E-state index contributed by atoms with van der Waals surface area (Å²) in [4.78, 5) is 12.6. The minimum absolute atomic E-state index is 0.0504. The number of aromatic nitrogens is 1. The van der Waals surface area contributed by atoms with Crippen molar-refractivity contribution >= 4 is 26.9 Å². The van der Waals surface area contributed by atoms with Gasteiger partial charge in [-0.15, -0.1) is 26.3 Å². The lowest BCUT2D eigenvalue weighted by atomic mass is 10.2. The number of nitrogens with zero attached hydrogens (tertiary/aromatic N) is 1. The van der Waals surface area contributed by atoms with Crippen LogP contribution in [-0.4, -0.2) is 50.4 Å². The molecule has 36 heavy (non-hydrogen) atoms. The number of carbonyl (C=O) groups excluding carboxylic acids is 1. The smallest absolute Gasteiger partial charge is 0.462 e. The number of hydrogen-bond acceptors (Lipinski definition) is 6. The first-order valence-electron chi connectivity index (χ1n) is 10.2. The molecule has 0 radical (unpaired) electrons. The minimum Gasteiger partial charge on any atom is -0.462 e. The summed E-state index contributed by atoms with van der Waals surface area (Å²) >= 11 is 0. The summed E-state index contributed by atoms with van der Waals surface area (Å²) in [5.41, 5.74) is 0.757. The van der Waals surface area contributed by atoms with E-state index in [-0.39, 0.29) is 21.4 Å². The number of hydrogen-bond donors (Lipinski definition) is 0. The first-order valence-corrected chi connectivity index (χ1v) is 11.7. The lowest BCUT2D eigenvalue weighted by Gasteiger charge is -2.20. The number of fused-ring (bicyclic) bond motifs is 1. The number of rotatable bonds is 9. The van der Waals surface area contributed by atoms with Crippen molar-refractivity contribution < 1.29 is 53.8 Å². The van der Waals surface area contributed by atoms with E-state index in [1.807, 2.05) is 0 Å². The zero-order chi connectivity index (χ0) is 26.7. The molecule has 0 aliphatic carbocycles. The third-order valence-electron chi connectivity index (χ3n) is 4.88. The van der Waals surface area contributed by atoms with E-state index in [0.29, 0.717) is 0 Å². The molecule has 3 aromatic rings. The van der Waals surface area contributed by atoms with Crippen LogP contribution >= 0.6 is 0 Å². The minimum atomic E-state index is -5.25. The summed E-state index contributed by atoms with van der Waals surface area (Å²) < 4.78 is 113. The normalized spacial score (nSPS) is 13.6. The van der Waals surface area contributed by atoms with E-state index in [1.54, 1.807) is 25.1 Å². The number of aryl methyl sites for hydroxylation is 1. The lowest BCUT2D eigenvalue weighted by Crippen LogP contribution is -2.32. The van der Waals surface area contributed by atoms with Crippen LogP contribution in [0.4, 0.5) is 26.3 Å². The topological polar surface area (TPSA) is 83.8 Å². The molecule has 14 heteroatoms. The summed E-state index contributed by atoms with van der Waals surface area (Å²) in [7, 11) is -4.13. The van der Waals surface area contributed by atoms with Crippen molar-refractivity contribution in [2.75, 3.05) is 13.2 Å². The molecule has 0 spiro atoms. The molecule has 7 nitrogen and oxygen atoms in total. The predicted octanol–water partition coefficient (Wildman–Crippen LogP) is 5.18. The van der Waals surface area contributed by atoms with Crippen LogP contribution in [0, 0.1) is 6.92 Å². The summed E-state index contributed by atoms with van der Waals surface area (Å²) in [5.74, 6) is -1.09. The number of benzene rings is 2. The number of carbonyl (C=O) groups is 1. The fourth-order valence-electron chi connectivity index (χ4n) is 3.25. The highest BCUT2D eigenvalue weighted by molar-refractivity contribution is 7.90. The first kappa shape index (κ1) is 27.5. The van der Waals surface area contributed by atoms with Crippen molar-refractivity contribution in [3.05, 3.63) is 65.9 Å². The monoisotopic (exact) mass is 539 g/mol. The molecule has 3 rings (SSSR count). The molecule has 1 atom stereocenters. The maximum Gasteiger partial charge on any atom is 0.522 e. The average molecular weight is 539 g/mol. The molecule has 196 valence electrons. The Hall–Kier alpha value is -3.10. The fourth-order valence-corrected chi connectivity index (χ4v) is 4.62. The molecule has 1 aromatic heterocycles. The second kappa shape index (κ2) is 10.5. The third kappa shape index (κ3) is 6.98. The molecule has 0 fully saturated rings. The maximum atomic E-state index is 13.2. The second-order valence-corrected chi connectivity index (χ2v) is 9.36. The average Bonchev–Trinajstić information content (AvgIpc) is 3.17. The summed E-state index contributed by atoms with van der Waals surface area (Å²) in [5, 5.41) is 0.182. The van der Waals surface area contributed by atoms with Crippen LogP contribution in [0.2, 0.25) is 0 Å². The second-order valence-electron chi connectivity index (χ2n) is 7.54. The molecule has 2 aromatic carbocycles. The largest absolute Gasteiger partial charge is 0.522 e. The number of para-hydroxylation sites is 1. The van der Waals surface area contributed by atoms with Crippen LogP contribution in [0.25, 0.3) is 10.9 Å². The van der Waals surface area contributed by atoms with Crippen molar-refractivity contribution in [2.45, 2.75) is 37.1 Å². The van der Waals surface area contributed by atoms with Crippen molar-refractivity contribution in [3.8, 4) is 0 Å². The highest BCUT2D eigenvalue weighted by Crippen LogP contribution is 2.27. The highest BCUT2D eigenvalue weighted by Gasteiger charge is 2.37. The van der Waals surface area contributed by atoms with Gasteiger partial charge in [-0.05, 0) is 25.1 Å². The van der Waals surface area contributed by atoms with E-state index >= 15 is 0 Å². The predicted molar refractivity (Wildman–Crippen MR) is 114 cm³/mol. The molecule has 0 unspecified atom stereocenters. The van der Waals surface area contributed by atoms with Gasteiger partial charge in [-0.2, -0.15) is 0 Å². The highest BCUT2D eigenvalue weighted by atomic mass is 32.2. The fraction of sp³-hybridized carbons (Fsp3) is 0.318. The van der Waals surface area contributed by atoms with E-state index in [9.17, 15) is 39.6 Å². The lowest BCUT2D eigenvalue weighted by molar-refractivity contribution is -0.372. The van der Waals surface area contributed by atoms with Gasteiger partial charge in [0.2, 0.25) is 0 Å². The molecule has 0 bridgehead atoms. The summed E-state index contributed by atoms with van der Waals surface area (Å²) in [6.45, 7) is -0.463. The van der Waals surface area contributed by atoms with Gasteiger partial charge in [0.15, 0.2) is 0 Å². The van der Waals surface area contributed by atoms with Crippen molar-refractivity contribution in [2.24, 2.45) is 0 Å². The Morgan fingerprint density at radius 3 is 2.22 bits per heavy atom. The molecular formula is C22H19F6NO6S. The number of halogens is 6. The molecule has 0 N–H and O–H groups in total. The van der Waals surface area contributed by atoms with Crippen LogP contribution in [0.15, 0.2) is 59.6 Å². The van der Waals surface area contributed by atoms with Gasteiger partial charge in [0, 0.05) is 18.0 Å². The maximum absolute atomic E-state index is 13.2. The van der Waals surface area contributed by atoms with Crippen molar-refractivity contribution in [1.29, 1.82) is 0 Å². The Morgan fingerprint density at radius 2 is 1.61 bits per heavy atom. The Bertz CT molecular complexity index is 1320. The first-order chi connectivity index (χ1) is 16.7. The molecule has 0 aliphatic heterocycles.